The molecule has 4 rings (SSSR count). The van der Waals surface area contributed by atoms with Crippen LogP contribution in [0.3, 0.4) is 0 Å². The quantitative estimate of drug-likeness (QED) is 0.769. The maximum absolute atomic E-state index is 12.7. The topological polar surface area (TPSA) is 80.4 Å². The summed E-state index contributed by atoms with van der Waals surface area (Å²) in [6.07, 6.45) is 1.43. The molecule has 2 heterocycles. The molecule has 0 atom stereocenters. The highest BCUT2D eigenvalue weighted by molar-refractivity contribution is 5.97. The van der Waals surface area contributed by atoms with Crippen molar-refractivity contribution in [1.82, 2.24) is 10.3 Å². The second-order valence-electron chi connectivity index (χ2n) is 5.74. The van der Waals surface area contributed by atoms with E-state index in [9.17, 15) is 9.59 Å². The van der Waals surface area contributed by atoms with Crippen molar-refractivity contribution in [3.05, 3.63) is 70.0 Å². The molecule has 0 spiro atoms. The maximum Gasteiger partial charge on any atom is 0.257 e. The number of benzene rings is 2. The van der Waals surface area contributed by atoms with Crippen LogP contribution in [0.15, 0.2) is 53.5 Å². The van der Waals surface area contributed by atoms with Gasteiger partial charge in [-0.2, -0.15) is 0 Å². The van der Waals surface area contributed by atoms with Crippen LogP contribution in [0.1, 0.15) is 15.9 Å². The largest absolute Gasteiger partial charge is 0.486 e. The fourth-order valence-corrected chi connectivity index (χ4v) is 2.80. The fourth-order valence-electron chi connectivity index (χ4n) is 2.80. The van der Waals surface area contributed by atoms with Crippen LogP contribution in [0.25, 0.3) is 10.9 Å². The summed E-state index contributed by atoms with van der Waals surface area (Å²) in [5, 5.41) is 3.17. The summed E-state index contributed by atoms with van der Waals surface area (Å²) >= 11 is 0. The predicted molar refractivity (Wildman–Crippen MR) is 93.2 cm³/mol. The molecule has 2 aromatic carbocycles. The van der Waals surface area contributed by atoms with Gasteiger partial charge in [-0.05, 0) is 11.6 Å². The van der Waals surface area contributed by atoms with Crippen LogP contribution >= 0.6 is 0 Å². The zero-order chi connectivity index (χ0) is 17.2. The predicted octanol–water partition coefficient (Wildman–Crippen LogP) is 2.23. The van der Waals surface area contributed by atoms with Gasteiger partial charge in [0.05, 0.1) is 10.9 Å². The molecule has 0 radical (unpaired) electrons. The number of aromatic nitrogens is 1. The summed E-state index contributed by atoms with van der Waals surface area (Å²) < 4.78 is 11.0. The summed E-state index contributed by atoms with van der Waals surface area (Å²) in [5.74, 6) is 0.698. The lowest BCUT2D eigenvalue weighted by molar-refractivity contribution is 0.0949. The SMILES string of the molecule is O=C(NCc1ccccc1)c1c[nH]c2cc3c(cc2c1=O)OCCO3. The molecule has 25 heavy (non-hydrogen) atoms. The summed E-state index contributed by atoms with van der Waals surface area (Å²) in [6.45, 7) is 1.27. The number of rotatable bonds is 3. The van der Waals surface area contributed by atoms with E-state index in [1.54, 1.807) is 12.1 Å². The number of amides is 1. The van der Waals surface area contributed by atoms with Crippen LogP contribution in [-0.2, 0) is 6.54 Å². The number of fused-ring (bicyclic) bond motifs is 2. The van der Waals surface area contributed by atoms with Crippen molar-refractivity contribution >= 4 is 16.8 Å². The molecular weight excluding hydrogens is 320 g/mol. The van der Waals surface area contributed by atoms with E-state index in [4.69, 9.17) is 9.47 Å². The number of aromatic amines is 1. The van der Waals surface area contributed by atoms with E-state index in [1.807, 2.05) is 30.3 Å². The van der Waals surface area contributed by atoms with Gasteiger partial charge in [-0.25, -0.2) is 0 Å². The zero-order valence-electron chi connectivity index (χ0n) is 13.4. The third-order valence-electron chi connectivity index (χ3n) is 4.08. The molecule has 0 aliphatic carbocycles. The Kier molecular flexibility index (Phi) is 3.85. The number of carbonyl (C=O) groups excluding carboxylic acids is 1. The molecule has 1 aliphatic heterocycles. The van der Waals surface area contributed by atoms with Crippen molar-refractivity contribution in [2.45, 2.75) is 6.54 Å². The summed E-state index contributed by atoms with van der Waals surface area (Å²) in [7, 11) is 0. The first-order valence-corrected chi connectivity index (χ1v) is 7.99. The fraction of sp³-hybridized carbons (Fsp3) is 0.158. The van der Waals surface area contributed by atoms with Gasteiger partial charge in [-0.1, -0.05) is 30.3 Å². The van der Waals surface area contributed by atoms with Crippen molar-refractivity contribution < 1.29 is 14.3 Å². The van der Waals surface area contributed by atoms with Crippen LogP contribution in [-0.4, -0.2) is 24.1 Å². The van der Waals surface area contributed by atoms with Crippen LogP contribution in [0.5, 0.6) is 11.5 Å². The molecule has 0 fully saturated rings. The van der Waals surface area contributed by atoms with Gasteiger partial charge in [0.25, 0.3) is 5.91 Å². The van der Waals surface area contributed by atoms with Gasteiger partial charge in [-0.3, -0.25) is 9.59 Å². The minimum absolute atomic E-state index is 0.0695. The Morgan fingerprint density at radius 3 is 2.56 bits per heavy atom. The van der Waals surface area contributed by atoms with Gasteiger partial charge in [0.1, 0.15) is 18.8 Å². The molecule has 1 aliphatic rings. The Hall–Kier alpha value is -3.28. The van der Waals surface area contributed by atoms with Crippen molar-refractivity contribution in [1.29, 1.82) is 0 Å². The van der Waals surface area contributed by atoms with E-state index < -0.39 is 5.91 Å². The van der Waals surface area contributed by atoms with Gasteiger partial charge in [0.2, 0.25) is 5.43 Å². The van der Waals surface area contributed by atoms with E-state index >= 15 is 0 Å². The van der Waals surface area contributed by atoms with Crippen molar-refractivity contribution in [3.8, 4) is 11.5 Å². The number of hydrogen-bond acceptors (Lipinski definition) is 4. The lowest BCUT2D eigenvalue weighted by atomic mass is 10.1. The molecule has 6 nitrogen and oxygen atoms in total. The molecule has 6 heteroatoms. The second kappa shape index (κ2) is 6.32. The first kappa shape index (κ1) is 15.3. The van der Waals surface area contributed by atoms with Gasteiger partial charge < -0.3 is 19.8 Å². The molecular formula is C19H16N2O4. The normalized spacial score (nSPS) is 12.8. The third-order valence-corrected chi connectivity index (χ3v) is 4.08. The van der Waals surface area contributed by atoms with E-state index in [1.165, 1.54) is 6.20 Å². The lowest BCUT2D eigenvalue weighted by Crippen LogP contribution is -2.28. The summed E-state index contributed by atoms with van der Waals surface area (Å²) in [4.78, 5) is 28.1. The summed E-state index contributed by atoms with van der Waals surface area (Å²) in [5.41, 5.74) is 1.30. The molecule has 0 unspecified atom stereocenters. The van der Waals surface area contributed by atoms with Crippen LogP contribution in [0, 0.1) is 0 Å². The van der Waals surface area contributed by atoms with Crippen LogP contribution in [0.4, 0.5) is 0 Å². The monoisotopic (exact) mass is 336 g/mol. The average molecular weight is 336 g/mol. The minimum atomic E-state index is -0.415. The molecule has 1 aromatic heterocycles. The zero-order valence-corrected chi connectivity index (χ0v) is 13.4. The van der Waals surface area contributed by atoms with E-state index in [0.29, 0.717) is 42.2 Å². The van der Waals surface area contributed by atoms with Crippen LogP contribution < -0.4 is 20.2 Å². The minimum Gasteiger partial charge on any atom is -0.486 e. The molecule has 126 valence electrons. The molecule has 0 saturated heterocycles. The number of nitrogens with one attached hydrogen (secondary N) is 2. The molecule has 0 saturated carbocycles. The van der Waals surface area contributed by atoms with Gasteiger partial charge in [0.15, 0.2) is 11.5 Å². The number of pyridine rings is 1. The van der Waals surface area contributed by atoms with E-state index in [-0.39, 0.29) is 11.0 Å². The van der Waals surface area contributed by atoms with E-state index in [0.717, 1.165) is 5.56 Å². The lowest BCUT2D eigenvalue weighted by Gasteiger charge is -2.18. The Morgan fingerprint density at radius 1 is 1.08 bits per heavy atom. The van der Waals surface area contributed by atoms with Crippen molar-refractivity contribution in [2.24, 2.45) is 0 Å². The highest BCUT2D eigenvalue weighted by Crippen LogP contribution is 2.32. The number of hydrogen-bond donors (Lipinski definition) is 2. The average Bonchev–Trinajstić information content (AvgIpc) is 2.66. The van der Waals surface area contributed by atoms with Crippen molar-refractivity contribution in [3.63, 3.8) is 0 Å². The molecule has 0 bridgehead atoms. The Bertz CT molecular complexity index is 995. The molecule has 3 aromatic rings. The van der Waals surface area contributed by atoms with Gasteiger partial charge in [-0.15, -0.1) is 0 Å². The van der Waals surface area contributed by atoms with E-state index in [2.05, 4.69) is 10.3 Å². The Balaban J connectivity index is 1.64. The summed E-state index contributed by atoms with van der Waals surface area (Å²) in [6, 6.07) is 12.9. The number of H-pyrrole nitrogens is 1. The number of carbonyl (C=O) groups is 1. The molecule has 1 amide bonds. The molecule has 2 N–H and O–H groups in total. The first-order valence-electron chi connectivity index (χ1n) is 7.99. The standard InChI is InChI=1S/C19H16N2O4/c22-18-13-8-16-17(25-7-6-24-16)9-15(13)20-11-14(18)19(23)21-10-12-4-2-1-3-5-12/h1-5,8-9,11H,6-7,10H2,(H,20,22)(H,21,23). The highest BCUT2D eigenvalue weighted by Gasteiger charge is 2.17. The Labute approximate surface area is 143 Å². The maximum atomic E-state index is 12.7. The van der Waals surface area contributed by atoms with Crippen molar-refractivity contribution in [2.75, 3.05) is 13.2 Å². The van der Waals surface area contributed by atoms with Gasteiger partial charge in [0, 0.05) is 18.8 Å². The Morgan fingerprint density at radius 2 is 1.80 bits per heavy atom. The number of ether oxygens (including phenoxy) is 2. The van der Waals surface area contributed by atoms with Gasteiger partial charge >= 0.3 is 0 Å². The first-order chi connectivity index (χ1) is 12.2. The smallest absolute Gasteiger partial charge is 0.257 e. The highest BCUT2D eigenvalue weighted by atomic mass is 16.6. The second-order valence-corrected chi connectivity index (χ2v) is 5.74. The van der Waals surface area contributed by atoms with Crippen LogP contribution in [0.2, 0.25) is 0 Å². The third kappa shape index (κ3) is 2.94.